The van der Waals surface area contributed by atoms with Gasteiger partial charge >= 0.3 is 5.97 Å². The zero-order valence-corrected chi connectivity index (χ0v) is 16.0. The van der Waals surface area contributed by atoms with Crippen LogP contribution < -0.4 is 5.32 Å². The molecule has 0 spiro atoms. The topological polar surface area (TPSA) is 55.4 Å². The fourth-order valence-corrected chi connectivity index (χ4v) is 2.58. The average molecular weight is 347 g/mol. The molecule has 0 bridgehead atoms. The Morgan fingerprint density at radius 1 is 0.960 bits per heavy atom. The maximum Gasteiger partial charge on any atom is 0.328 e. The van der Waals surface area contributed by atoms with Crippen LogP contribution in [0.1, 0.15) is 81.1 Å². The summed E-state index contributed by atoms with van der Waals surface area (Å²) in [6, 6.07) is 6.62. The molecule has 1 N–H and O–H groups in total. The zero-order chi connectivity index (χ0) is 18.5. The van der Waals surface area contributed by atoms with Gasteiger partial charge in [0.25, 0.3) is 5.91 Å². The lowest BCUT2D eigenvalue weighted by atomic mass is 10.1. The molecule has 25 heavy (non-hydrogen) atoms. The molecule has 0 heterocycles. The van der Waals surface area contributed by atoms with Crippen LogP contribution in [0.15, 0.2) is 24.3 Å². The minimum Gasteiger partial charge on any atom is -0.464 e. The van der Waals surface area contributed by atoms with E-state index in [1.165, 1.54) is 38.5 Å². The molecule has 0 aliphatic rings. The van der Waals surface area contributed by atoms with Crippen molar-refractivity contribution in [2.45, 2.75) is 78.2 Å². The monoisotopic (exact) mass is 347 g/mol. The largest absolute Gasteiger partial charge is 0.464 e. The van der Waals surface area contributed by atoms with Gasteiger partial charge in [0.1, 0.15) is 6.04 Å². The Morgan fingerprint density at radius 2 is 1.52 bits per heavy atom. The van der Waals surface area contributed by atoms with Crippen molar-refractivity contribution < 1.29 is 14.3 Å². The van der Waals surface area contributed by atoms with E-state index < -0.39 is 6.04 Å². The third-order valence-corrected chi connectivity index (χ3v) is 4.26. The van der Waals surface area contributed by atoms with Crippen LogP contribution in [0.3, 0.4) is 0 Å². The number of hydrogen-bond acceptors (Lipinski definition) is 3. The Hall–Kier alpha value is -1.84. The number of carbonyl (C=O) groups excluding carboxylic acids is 2. The number of aryl methyl sites for hydroxylation is 1. The first kappa shape index (κ1) is 21.2. The molecule has 0 saturated heterocycles. The van der Waals surface area contributed by atoms with Crippen molar-refractivity contribution in [1.82, 2.24) is 5.32 Å². The quantitative estimate of drug-likeness (QED) is 0.436. The number of rotatable bonds is 12. The molecule has 140 valence electrons. The molecule has 0 unspecified atom stereocenters. The van der Waals surface area contributed by atoms with Crippen LogP contribution in [0.4, 0.5) is 0 Å². The van der Waals surface area contributed by atoms with Gasteiger partial charge in [0, 0.05) is 5.56 Å². The van der Waals surface area contributed by atoms with Gasteiger partial charge < -0.3 is 10.1 Å². The van der Waals surface area contributed by atoms with Gasteiger partial charge in [-0.3, -0.25) is 4.79 Å². The fourth-order valence-electron chi connectivity index (χ4n) is 2.58. The minimum atomic E-state index is -0.636. The lowest BCUT2D eigenvalue weighted by Crippen LogP contribution is -2.39. The highest BCUT2D eigenvalue weighted by Gasteiger charge is 2.17. The Bertz CT molecular complexity index is 510. The van der Waals surface area contributed by atoms with Crippen molar-refractivity contribution in [2.24, 2.45) is 0 Å². The maximum absolute atomic E-state index is 12.1. The number of hydrogen-bond donors (Lipinski definition) is 1. The summed E-state index contributed by atoms with van der Waals surface area (Å²) in [6.07, 6.45) is 9.65. The highest BCUT2D eigenvalue weighted by molar-refractivity contribution is 5.96. The predicted octanol–water partition coefficient (Wildman–Crippen LogP) is 4.80. The molecule has 0 radical (unpaired) electrons. The molecule has 0 aliphatic carbocycles. The van der Waals surface area contributed by atoms with Gasteiger partial charge in [-0.15, -0.1) is 0 Å². The van der Waals surface area contributed by atoms with E-state index in [0.717, 1.165) is 18.4 Å². The van der Waals surface area contributed by atoms with Crippen molar-refractivity contribution in [3.63, 3.8) is 0 Å². The molecule has 0 fully saturated rings. The standard InChI is InChI=1S/C21H33NO3/c1-4-5-6-7-8-9-10-11-16-25-21(24)18(3)22-20(23)19-14-12-17(2)13-15-19/h12-15,18H,4-11,16H2,1-3H3,(H,22,23)/t18-/m0/s1. The molecular weight excluding hydrogens is 314 g/mol. The molecule has 4 heteroatoms. The summed E-state index contributed by atoms with van der Waals surface area (Å²) in [5, 5.41) is 2.68. The molecule has 1 amide bonds. The second kappa shape index (κ2) is 12.5. The summed E-state index contributed by atoms with van der Waals surface area (Å²) < 4.78 is 5.25. The molecule has 1 atom stereocenters. The van der Waals surface area contributed by atoms with Crippen molar-refractivity contribution in [3.8, 4) is 0 Å². The second-order valence-corrected chi connectivity index (χ2v) is 6.70. The van der Waals surface area contributed by atoms with Crippen molar-refractivity contribution >= 4 is 11.9 Å². The molecule has 1 aromatic rings. The molecule has 1 rings (SSSR count). The van der Waals surface area contributed by atoms with Crippen molar-refractivity contribution in [3.05, 3.63) is 35.4 Å². The van der Waals surface area contributed by atoms with Crippen LogP contribution in [0.2, 0.25) is 0 Å². The van der Waals surface area contributed by atoms with Gasteiger partial charge in [-0.2, -0.15) is 0 Å². The van der Waals surface area contributed by atoms with E-state index in [0.29, 0.717) is 12.2 Å². The Labute approximate surface area is 152 Å². The number of carbonyl (C=O) groups is 2. The first-order valence-corrected chi connectivity index (χ1v) is 9.58. The summed E-state index contributed by atoms with van der Waals surface area (Å²) in [5.41, 5.74) is 1.64. The molecule has 0 aromatic heterocycles. The molecule has 1 aromatic carbocycles. The highest BCUT2D eigenvalue weighted by Crippen LogP contribution is 2.08. The van der Waals surface area contributed by atoms with Gasteiger partial charge in [0.2, 0.25) is 0 Å². The summed E-state index contributed by atoms with van der Waals surface area (Å²) in [7, 11) is 0. The van der Waals surface area contributed by atoms with E-state index in [1.807, 2.05) is 19.1 Å². The Kier molecular flexibility index (Phi) is 10.6. The van der Waals surface area contributed by atoms with Crippen LogP contribution in [-0.2, 0) is 9.53 Å². The maximum atomic E-state index is 12.1. The van der Waals surface area contributed by atoms with Gasteiger partial charge in [-0.05, 0) is 32.4 Å². The van der Waals surface area contributed by atoms with Gasteiger partial charge in [0.15, 0.2) is 0 Å². The van der Waals surface area contributed by atoms with Crippen LogP contribution >= 0.6 is 0 Å². The van der Waals surface area contributed by atoms with E-state index in [-0.39, 0.29) is 11.9 Å². The summed E-state index contributed by atoms with van der Waals surface area (Å²) in [4.78, 5) is 24.0. The fraction of sp³-hybridized carbons (Fsp3) is 0.619. The molecule has 0 saturated carbocycles. The lowest BCUT2D eigenvalue weighted by molar-refractivity contribution is -0.145. The lowest BCUT2D eigenvalue weighted by Gasteiger charge is -2.13. The first-order valence-electron chi connectivity index (χ1n) is 9.58. The number of unbranched alkanes of at least 4 members (excludes halogenated alkanes) is 7. The SMILES string of the molecule is CCCCCCCCCCOC(=O)[C@H](C)NC(=O)c1ccc(C)cc1. The number of nitrogens with one attached hydrogen (secondary N) is 1. The molecule has 0 aliphatic heterocycles. The summed E-state index contributed by atoms with van der Waals surface area (Å²) >= 11 is 0. The molecular formula is C21H33NO3. The van der Waals surface area contributed by atoms with Gasteiger partial charge in [-0.25, -0.2) is 4.79 Å². The van der Waals surface area contributed by atoms with E-state index >= 15 is 0 Å². The van der Waals surface area contributed by atoms with Gasteiger partial charge in [-0.1, -0.05) is 69.6 Å². The second-order valence-electron chi connectivity index (χ2n) is 6.70. The highest BCUT2D eigenvalue weighted by atomic mass is 16.5. The zero-order valence-electron chi connectivity index (χ0n) is 16.0. The summed E-state index contributed by atoms with van der Waals surface area (Å²) in [5.74, 6) is -0.625. The average Bonchev–Trinajstić information content (AvgIpc) is 2.60. The van der Waals surface area contributed by atoms with Crippen LogP contribution in [0.25, 0.3) is 0 Å². The van der Waals surface area contributed by atoms with Crippen LogP contribution in [-0.4, -0.2) is 24.5 Å². The smallest absolute Gasteiger partial charge is 0.328 e. The number of ether oxygens (including phenoxy) is 1. The minimum absolute atomic E-state index is 0.253. The predicted molar refractivity (Wildman–Crippen MR) is 102 cm³/mol. The third-order valence-electron chi connectivity index (χ3n) is 4.26. The van der Waals surface area contributed by atoms with E-state index in [4.69, 9.17) is 4.74 Å². The number of esters is 1. The summed E-state index contributed by atoms with van der Waals surface area (Å²) in [6.45, 7) is 6.27. The number of benzene rings is 1. The van der Waals surface area contributed by atoms with Crippen LogP contribution in [0.5, 0.6) is 0 Å². The Balaban J connectivity index is 2.13. The molecule has 4 nitrogen and oxygen atoms in total. The normalized spacial score (nSPS) is 11.8. The van der Waals surface area contributed by atoms with Crippen molar-refractivity contribution in [1.29, 1.82) is 0 Å². The van der Waals surface area contributed by atoms with E-state index in [2.05, 4.69) is 12.2 Å². The van der Waals surface area contributed by atoms with E-state index in [1.54, 1.807) is 19.1 Å². The van der Waals surface area contributed by atoms with E-state index in [9.17, 15) is 9.59 Å². The third kappa shape index (κ3) is 9.28. The van der Waals surface area contributed by atoms with Crippen LogP contribution in [0, 0.1) is 6.92 Å². The first-order chi connectivity index (χ1) is 12.0. The van der Waals surface area contributed by atoms with Crippen molar-refractivity contribution in [2.75, 3.05) is 6.61 Å². The number of amides is 1. The Morgan fingerprint density at radius 3 is 2.12 bits per heavy atom. The van der Waals surface area contributed by atoms with Gasteiger partial charge in [0.05, 0.1) is 6.61 Å².